The van der Waals surface area contributed by atoms with Crippen LogP contribution in [0.3, 0.4) is 0 Å². The van der Waals surface area contributed by atoms with Gasteiger partial charge in [0.2, 0.25) is 0 Å². The lowest BCUT2D eigenvalue weighted by Crippen LogP contribution is -2.06. The summed E-state index contributed by atoms with van der Waals surface area (Å²) in [6.45, 7) is 5.59. The molecule has 1 aliphatic carbocycles. The molecule has 4 nitrogen and oxygen atoms in total. The molecule has 4 heteroatoms. The van der Waals surface area contributed by atoms with Gasteiger partial charge >= 0.3 is 0 Å². The third-order valence-corrected chi connectivity index (χ3v) is 5.10. The maximum Gasteiger partial charge on any atom is 0.185 e. The van der Waals surface area contributed by atoms with Crippen LogP contribution in [0.4, 0.5) is 0 Å². The van der Waals surface area contributed by atoms with E-state index in [2.05, 4.69) is 0 Å². The van der Waals surface area contributed by atoms with Crippen LogP contribution in [0.2, 0.25) is 0 Å². The lowest BCUT2D eigenvalue weighted by molar-refractivity contribution is 0.282. The molecule has 0 atom stereocenters. The first-order valence-electron chi connectivity index (χ1n) is 9.52. The summed E-state index contributed by atoms with van der Waals surface area (Å²) in [5.41, 5.74) is 5.68. The van der Waals surface area contributed by atoms with E-state index < -0.39 is 0 Å². The first-order chi connectivity index (χ1) is 14.0. The summed E-state index contributed by atoms with van der Waals surface area (Å²) in [5.74, 6) is 1.20. The van der Waals surface area contributed by atoms with Crippen LogP contribution < -0.4 is 10.2 Å². The molecule has 1 N–H and O–H groups in total. The lowest BCUT2D eigenvalue weighted by atomic mass is 9.89. The minimum atomic E-state index is -0.0781. The van der Waals surface area contributed by atoms with Crippen molar-refractivity contribution in [1.82, 2.24) is 0 Å². The van der Waals surface area contributed by atoms with E-state index in [0.717, 1.165) is 33.2 Å². The van der Waals surface area contributed by atoms with Crippen LogP contribution in [0.25, 0.3) is 33.4 Å². The third-order valence-electron chi connectivity index (χ3n) is 5.10. The van der Waals surface area contributed by atoms with Crippen molar-refractivity contribution in [2.45, 2.75) is 27.4 Å². The van der Waals surface area contributed by atoms with Crippen molar-refractivity contribution < 1.29 is 14.3 Å². The van der Waals surface area contributed by atoms with Crippen molar-refractivity contribution in [3.8, 4) is 28.2 Å². The topological polar surface area (TPSA) is 59.7 Å². The fraction of sp³-hybridized carbons (Fsp3) is 0.160. The molecule has 2 aliphatic rings. The van der Waals surface area contributed by atoms with E-state index >= 15 is 0 Å². The van der Waals surface area contributed by atoms with E-state index in [1.165, 1.54) is 6.07 Å². The van der Waals surface area contributed by atoms with Gasteiger partial charge in [-0.25, -0.2) is 0 Å². The Balaban J connectivity index is 2.16. The number of benzene rings is 3. The predicted molar refractivity (Wildman–Crippen MR) is 115 cm³/mol. The highest BCUT2D eigenvalue weighted by molar-refractivity contribution is 6.03. The Hall–Kier alpha value is -3.37. The quantitative estimate of drug-likeness (QED) is 0.367. The summed E-state index contributed by atoms with van der Waals surface area (Å²) >= 11 is 0. The zero-order valence-corrected chi connectivity index (χ0v) is 16.7. The number of hydrogen-bond acceptors (Lipinski definition) is 4. The molecular weight excluding hydrogens is 364 g/mol. The summed E-state index contributed by atoms with van der Waals surface area (Å²) in [5, 5.41) is 10.8. The number of aliphatic hydroxyl groups excluding tert-OH is 1. The lowest BCUT2D eigenvalue weighted by Gasteiger charge is -2.18. The number of hydrogen-bond donors (Lipinski definition) is 1. The van der Waals surface area contributed by atoms with Crippen LogP contribution in [0.1, 0.15) is 23.6 Å². The fourth-order valence-corrected chi connectivity index (χ4v) is 3.62. The molecule has 0 bridgehead atoms. The van der Waals surface area contributed by atoms with E-state index in [1.54, 1.807) is 13.2 Å². The van der Waals surface area contributed by atoms with Gasteiger partial charge in [0.15, 0.2) is 5.43 Å². The van der Waals surface area contributed by atoms with Crippen LogP contribution >= 0.6 is 0 Å². The molecule has 0 radical (unpaired) electrons. The van der Waals surface area contributed by atoms with E-state index in [0.29, 0.717) is 22.7 Å². The van der Waals surface area contributed by atoms with E-state index in [4.69, 9.17) is 9.15 Å². The van der Waals surface area contributed by atoms with Gasteiger partial charge in [0.1, 0.15) is 17.1 Å². The summed E-state index contributed by atoms with van der Waals surface area (Å²) in [7, 11) is 0. The maximum absolute atomic E-state index is 12.3. The second kappa shape index (κ2) is 7.57. The van der Waals surface area contributed by atoms with Crippen molar-refractivity contribution in [2.24, 2.45) is 0 Å². The Bertz CT molecular complexity index is 1260. The molecule has 0 aromatic heterocycles. The second-order valence-corrected chi connectivity index (χ2v) is 7.11. The molecule has 146 valence electrons. The average Bonchev–Trinajstić information content (AvgIpc) is 2.72. The Morgan fingerprint density at radius 2 is 1.83 bits per heavy atom. The smallest absolute Gasteiger partial charge is 0.185 e. The zero-order valence-electron chi connectivity index (χ0n) is 16.7. The molecule has 0 fully saturated rings. The van der Waals surface area contributed by atoms with Gasteiger partial charge in [0.05, 0.1) is 12.9 Å². The molecular formula is C25H22O4. The number of fused-ring (bicyclic) bond motifs is 2. The van der Waals surface area contributed by atoms with Crippen molar-refractivity contribution in [3.05, 3.63) is 87.8 Å². The number of ether oxygens (including phenoxy) is 1. The summed E-state index contributed by atoms with van der Waals surface area (Å²) < 4.78 is 11.8. The Morgan fingerprint density at radius 3 is 2.59 bits per heavy atom. The highest BCUT2D eigenvalue weighted by Crippen LogP contribution is 2.43. The fourth-order valence-electron chi connectivity index (χ4n) is 3.62. The van der Waals surface area contributed by atoms with Crippen LogP contribution in [0.15, 0.2) is 70.1 Å². The Morgan fingerprint density at radius 1 is 1.03 bits per heavy atom. The molecule has 0 spiro atoms. The van der Waals surface area contributed by atoms with Gasteiger partial charge in [-0.3, -0.25) is 4.79 Å². The van der Waals surface area contributed by atoms with Gasteiger partial charge in [-0.2, -0.15) is 0 Å². The monoisotopic (exact) mass is 386 g/mol. The first-order valence-corrected chi connectivity index (χ1v) is 9.52. The standard InChI is InChI=1S/C25H22O4/c1-4-9-28-22-13-24-20(11-16(22)3)25(18-8-6-5-7-17(18)14-26)19-10-15(2)21(27)12-23(19)29-24/h4-13,26H,14H2,1-3H3. The maximum atomic E-state index is 12.3. The molecule has 1 aliphatic heterocycles. The van der Waals surface area contributed by atoms with Crippen molar-refractivity contribution >= 4 is 11.0 Å². The van der Waals surface area contributed by atoms with Crippen molar-refractivity contribution in [1.29, 1.82) is 0 Å². The van der Waals surface area contributed by atoms with Crippen LogP contribution in [-0.2, 0) is 6.61 Å². The molecule has 0 unspecified atom stereocenters. The van der Waals surface area contributed by atoms with E-state index in [-0.39, 0.29) is 12.0 Å². The van der Waals surface area contributed by atoms with Crippen molar-refractivity contribution in [3.63, 3.8) is 0 Å². The predicted octanol–water partition coefficient (Wildman–Crippen LogP) is 5.59. The molecule has 0 amide bonds. The third kappa shape index (κ3) is 3.32. The van der Waals surface area contributed by atoms with Gasteiger partial charge in [-0.1, -0.05) is 30.3 Å². The zero-order chi connectivity index (χ0) is 20.5. The highest BCUT2D eigenvalue weighted by atomic mass is 16.5. The first kappa shape index (κ1) is 19.0. The summed E-state index contributed by atoms with van der Waals surface area (Å²) in [4.78, 5) is 12.3. The van der Waals surface area contributed by atoms with Crippen LogP contribution in [-0.4, -0.2) is 5.11 Å². The highest BCUT2D eigenvalue weighted by Gasteiger charge is 2.21. The Kier molecular flexibility index (Phi) is 4.95. The normalized spacial score (nSPS) is 11.6. The molecule has 29 heavy (non-hydrogen) atoms. The van der Waals surface area contributed by atoms with Crippen LogP contribution in [0, 0.1) is 13.8 Å². The van der Waals surface area contributed by atoms with Crippen LogP contribution in [0.5, 0.6) is 5.75 Å². The Labute approximate surface area is 169 Å². The molecule has 2 aromatic carbocycles. The van der Waals surface area contributed by atoms with Gasteiger partial charge < -0.3 is 14.3 Å². The second-order valence-electron chi connectivity index (χ2n) is 7.11. The number of aryl methyl sites for hydroxylation is 2. The molecule has 2 aromatic rings. The number of allylic oxidation sites excluding steroid dienone is 1. The largest absolute Gasteiger partial charge is 0.465 e. The van der Waals surface area contributed by atoms with Gasteiger partial charge in [-0.15, -0.1) is 0 Å². The molecule has 0 saturated heterocycles. The van der Waals surface area contributed by atoms with Gasteiger partial charge in [0.25, 0.3) is 0 Å². The van der Waals surface area contributed by atoms with E-state index in [9.17, 15) is 9.90 Å². The molecule has 4 rings (SSSR count). The number of aliphatic hydroxyl groups is 1. The molecule has 1 heterocycles. The molecule has 0 saturated carbocycles. The van der Waals surface area contributed by atoms with Gasteiger partial charge in [-0.05, 0) is 55.2 Å². The minimum Gasteiger partial charge on any atom is -0.465 e. The minimum absolute atomic E-state index is 0.0699. The SMILES string of the molecule is CC=COc1cc2oc3cc(=O)c(C)cc-3c(-c3ccccc3CO)c2cc1C. The van der Waals surface area contributed by atoms with Crippen molar-refractivity contribution in [2.75, 3.05) is 0 Å². The summed E-state index contributed by atoms with van der Waals surface area (Å²) in [6, 6.07) is 15.0. The summed E-state index contributed by atoms with van der Waals surface area (Å²) in [6.07, 6.45) is 3.44. The average molecular weight is 386 g/mol. The number of rotatable bonds is 4. The van der Waals surface area contributed by atoms with E-state index in [1.807, 2.05) is 62.4 Å². The van der Waals surface area contributed by atoms with Gasteiger partial charge in [0, 0.05) is 28.6 Å².